The molecule has 1 aliphatic heterocycles. The van der Waals surface area contributed by atoms with Crippen LogP contribution in [0.15, 0.2) is 42.0 Å². The highest BCUT2D eigenvalue weighted by molar-refractivity contribution is 7.80. The third-order valence-corrected chi connectivity index (χ3v) is 5.43. The molecule has 0 aliphatic carbocycles. The first-order valence-electron chi connectivity index (χ1n) is 9.46. The molecule has 31 heavy (non-hydrogen) atoms. The molecule has 3 rings (SSSR count). The van der Waals surface area contributed by atoms with Gasteiger partial charge in [-0.15, -0.1) is 0 Å². The highest BCUT2D eigenvalue weighted by atomic mass is 35.5. The van der Waals surface area contributed by atoms with E-state index < -0.39 is 11.8 Å². The molecule has 1 heterocycles. The van der Waals surface area contributed by atoms with Gasteiger partial charge in [-0.2, -0.15) is 0 Å². The lowest BCUT2D eigenvalue weighted by Crippen LogP contribution is -2.54. The maximum atomic E-state index is 13.1. The van der Waals surface area contributed by atoms with E-state index in [2.05, 4.69) is 5.32 Å². The molecular weight excluding hydrogens is 459 g/mol. The fourth-order valence-electron chi connectivity index (χ4n) is 2.90. The summed E-state index contributed by atoms with van der Waals surface area (Å²) >= 11 is 17.6. The normalized spacial score (nSPS) is 16.4. The number of anilines is 1. The minimum atomic E-state index is -0.608. The third kappa shape index (κ3) is 5.01. The van der Waals surface area contributed by atoms with Crippen LogP contribution in [0.2, 0.25) is 10.0 Å². The van der Waals surface area contributed by atoms with Gasteiger partial charge in [-0.1, -0.05) is 36.2 Å². The van der Waals surface area contributed by atoms with Crippen molar-refractivity contribution in [3.05, 3.63) is 57.6 Å². The lowest BCUT2D eigenvalue weighted by Gasteiger charge is -2.29. The number of benzene rings is 2. The van der Waals surface area contributed by atoms with E-state index >= 15 is 0 Å². The Morgan fingerprint density at radius 1 is 1.23 bits per heavy atom. The number of methoxy groups -OCH3 is 1. The number of thiocarbonyl (C=S) groups is 1. The Hall–Kier alpha value is -2.61. The molecule has 2 amide bonds. The lowest BCUT2D eigenvalue weighted by molar-refractivity contribution is -0.122. The number of ether oxygens (including phenoxy) is 2. The number of rotatable bonds is 6. The van der Waals surface area contributed by atoms with Crippen molar-refractivity contribution in [1.29, 1.82) is 0 Å². The Morgan fingerprint density at radius 2 is 1.97 bits per heavy atom. The Kier molecular flexibility index (Phi) is 7.20. The molecule has 2 aromatic carbocycles. The van der Waals surface area contributed by atoms with Crippen LogP contribution in [0.5, 0.6) is 11.5 Å². The fourth-order valence-corrected chi connectivity index (χ4v) is 3.63. The molecule has 1 saturated heterocycles. The van der Waals surface area contributed by atoms with Gasteiger partial charge in [-0.3, -0.25) is 19.8 Å². The van der Waals surface area contributed by atoms with Crippen LogP contribution in [-0.4, -0.2) is 30.1 Å². The van der Waals surface area contributed by atoms with Gasteiger partial charge < -0.3 is 9.47 Å². The first-order valence-corrected chi connectivity index (χ1v) is 10.6. The molecule has 0 saturated carbocycles. The first-order chi connectivity index (χ1) is 14.7. The number of nitrogens with zero attached hydrogens (tertiary/aromatic N) is 1. The van der Waals surface area contributed by atoms with Gasteiger partial charge in [0.1, 0.15) is 5.57 Å². The van der Waals surface area contributed by atoms with Crippen molar-refractivity contribution in [1.82, 2.24) is 5.32 Å². The van der Waals surface area contributed by atoms with E-state index in [-0.39, 0.29) is 16.8 Å². The van der Waals surface area contributed by atoms with E-state index in [0.29, 0.717) is 32.8 Å². The molecule has 1 N–H and O–H groups in total. The van der Waals surface area contributed by atoms with Crippen LogP contribution in [-0.2, 0) is 9.59 Å². The summed E-state index contributed by atoms with van der Waals surface area (Å²) in [5, 5.41) is 3.25. The van der Waals surface area contributed by atoms with Gasteiger partial charge in [0.15, 0.2) is 16.6 Å². The van der Waals surface area contributed by atoms with Crippen molar-refractivity contribution < 1.29 is 19.1 Å². The number of amides is 2. The summed E-state index contributed by atoms with van der Waals surface area (Å²) in [4.78, 5) is 26.9. The number of nitrogens with one attached hydrogen (secondary N) is 1. The van der Waals surface area contributed by atoms with Crippen molar-refractivity contribution in [2.24, 2.45) is 0 Å². The van der Waals surface area contributed by atoms with Gasteiger partial charge in [0, 0.05) is 5.02 Å². The maximum Gasteiger partial charge on any atom is 0.270 e. The third-order valence-electron chi connectivity index (χ3n) is 4.62. The molecule has 0 aromatic heterocycles. The van der Waals surface area contributed by atoms with Crippen LogP contribution in [0.4, 0.5) is 5.69 Å². The van der Waals surface area contributed by atoms with E-state index in [1.807, 2.05) is 13.8 Å². The van der Waals surface area contributed by atoms with E-state index in [1.54, 1.807) is 36.4 Å². The number of carbonyl (C=O) groups is 2. The van der Waals surface area contributed by atoms with E-state index in [1.165, 1.54) is 18.1 Å². The van der Waals surface area contributed by atoms with Crippen molar-refractivity contribution in [2.45, 2.75) is 26.4 Å². The predicted molar refractivity (Wildman–Crippen MR) is 126 cm³/mol. The van der Waals surface area contributed by atoms with Crippen molar-refractivity contribution in [3.8, 4) is 11.5 Å². The van der Waals surface area contributed by atoms with E-state index in [4.69, 9.17) is 44.9 Å². The summed E-state index contributed by atoms with van der Waals surface area (Å²) in [6.45, 7) is 3.91. The summed E-state index contributed by atoms with van der Waals surface area (Å²) < 4.78 is 11.2. The quantitative estimate of drug-likeness (QED) is 0.359. The van der Waals surface area contributed by atoms with Crippen molar-refractivity contribution in [3.63, 3.8) is 0 Å². The molecule has 162 valence electrons. The first kappa shape index (κ1) is 23.1. The van der Waals surface area contributed by atoms with Gasteiger partial charge >= 0.3 is 0 Å². The summed E-state index contributed by atoms with van der Waals surface area (Å²) in [7, 11) is 1.49. The molecule has 2 aromatic rings. The van der Waals surface area contributed by atoms with Gasteiger partial charge in [0.2, 0.25) is 0 Å². The maximum absolute atomic E-state index is 13.1. The van der Waals surface area contributed by atoms with Crippen molar-refractivity contribution in [2.75, 3.05) is 12.0 Å². The van der Waals surface area contributed by atoms with Gasteiger partial charge in [0.25, 0.3) is 11.8 Å². The van der Waals surface area contributed by atoms with E-state index in [0.717, 1.165) is 6.42 Å². The Balaban J connectivity index is 2.01. The monoisotopic (exact) mass is 478 g/mol. The minimum Gasteiger partial charge on any atom is -0.493 e. The van der Waals surface area contributed by atoms with Crippen molar-refractivity contribution >= 4 is 64.1 Å². The van der Waals surface area contributed by atoms with Crippen LogP contribution in [0.1, 0.15) is 25.8 Å². The highest BCUT2D eigenvalue weighted by Gasteiger charge is 2.34. The average Bonchev–Trinajstić information content (AvgIpc) is 2.72. The topological polar surface area (TPSA) is 67.9 Å². The SMILES string of the molecule is CC[C@H](C)Oc1c(Cl)cc(/C=C2\C(=O)NC(=S)N(c3cccc(Cl)c3)C2=O)cc1OC. The number of carbonyl (C=O) groups excluding carboxylic acids is 2. The standard InChI is InChI=1S/C22H20Cl2N2O4S/c1-4-12(2)30-19-17(24)9-13(10-18(19)29-3)8-16-20(27)25-22(31)26(21(16)28)15-7-5-6-14(23)11-15/h5-12H,4H2,1-3H3,(H,25,27,31)/b16-8+/t12-/m0/s1. The largest absolute Gasteiger partial charge is 0.493 e. The molecule has 1 aliphatic rings. The molecule has 1 atom stereocenters. The second-order valence-electron chi connectivity index (χ2n) is 6.81. The second kappa shape index (κ2) is 9.68. The number of hydrogen-bond donors (Lipinski definition) is 1. The Bertz CT molecular complexity index is 1090. The molecule has 9 heteroatoms. The van der Waals surface area contributed by atoms with Crippen LogP contribution in [0, 0.1) is 0 Å². The Labute approximate surface area is 195 Å². The smallest absolute Gasteiger partial charge is 0.270 e. The van der Waals surface area contributed by atoms with Gasteiger partial charge in [-0.25, -0.2) is 0 Å². The zero-order chi connectivity index (χ0) is 22.7. The molecule has 0 radical (unpaired) electrons. The van der Waals surface area contributed by atoms with E-state index in [9.17, 15) is 9.59 Å². The Morgan fingerprint density at radius 3 is 2.61 bits per heavy atom. The fraction of sp³-hybridized carbons (Fsp3) is 0.227. The lowest BCUT2D eigenvalue weighted by atomic mass is 10.1. The number of hydrogen-bond acceptors (Lipinski definition) is 5. The van der Waals surface area contributed by atoms with Crippen LogP contribution >= 0.6 is 35.4 Å². The highest BCUT2D eigenvalue weighted by Crippen LogP contribution is 2.38. The van der Waals surface area contributed by atoms with Gasteiger partial charge in [0.05, 0.1) is 23.9 Å². The molecule has 1 fully saturated rings. The van der Waals surface area contributed by atoms with Crippen LogP contribution < -0.4 is 19.7 Å². The second-order valence-corrected chi connectivity index (χ2v) is 8.04. The van der Waals surface area contributed by atoms with Crippen LogP contribution in [0.3, 0.4) is 0 Å². The summed E-state index contributed by atoms with van der Waals surface area (Å²) in [5.41, 5.74) is 0.833. The zero-order valence-electron chi connectivity index (χ0n) is 17.1. The van der Waals surface area contributed by atoms with Gasteiger partial charge in [-0.05, 0) is 67.5 Å². The van der Waals surface area contributed by atoms with Crippen LogP contribution in [0.25, 0.3) is 6.08 Å². The molecule has 0 unspecified atom stereocenters. The zero-order valence-corrected chi connectivity index (χ0v) is 19.4. The summed E-state index contributed by atoms with van der Waals surface area (Å²) in [6.07, 6.45) is 2.16. The minimum absolute atomic E-state index is 0.0256. The molecule has 0 bridgehead atoms. The molecule has 6 nitrogen and oxygen atoms in total. The average molecular weight is 479 g/mol. The summed E-state index contributed by atoms with van der Waals surface area (Å²) in [6, 6.07) is 9.87. The summed E-state index contributed by atoms with van der Waals surface area (Å²) in [5.74, 6) is -0.387. The number of halogens is 2. The molecular formula is C22H20Cl2N2O4S. The molecule has 0 spiro atoms. The predicted octanol–water partition coefficient (Wildman–Crippen LogP) is 5.01.